The summed E-state index contributed by atoms with van der Waals surface area (Å²) in [6, 6.07) is 12.3. The van der Waals surface area contributed by atoms with Crippen LogP contribution in [0.5, 0.6) is 0 Å². The van der Waals surface area contributed by atoms with E-state index in [1.807, 2.05) is 31.4 Å². The molecule has 1 aliphatic heterocycles. The second kappa shape index (κ2) is 9.04. The molecule has 0 radical (unpaired) electrons. The lowest BCUT2D eigenvalue weighted by atomic mass is 10.1. The predicted octanol–water partition coefficient (Wildman–Crippen LogP) is 3.03. The molecule has 0 saturated carbocycles. The number of pyridine rings is 1. The molecule has 0 aliphatic carbocycles. The van der Waals surface area contributed by atoms with E-state index in [2.05, 4.69) is 72.5 Å². The van der Waals surface area contributed by atoms with E-state index in [0.717, 1.165) is 61.2 Å². The summed E-state index contributed by atoms with van der Waals surface area (Å²) in [6.07, 6.45) is 2.61. The summed E-state index contributed by atoms with van der Waals surface area (Å²) in [5.74, 6) is 2.71. The van der Waals surface area contributed by atoms with Crippen LogP contribution in [0.4, 0.5) is 23.4 Å². The second-order valence-electron chi connectivity index (χ2n) is 7.38. The van der Waals surface area contributed by atoms with Crippen molar-refractivity contribution >= 4 is 23.4 Å². The van der Waals surface area contributed by atoms with Gasteiger partial charge in [-0.2, -0.15) is 15.0 Å². The molecule has 156 valence electrons. The molecule has 3 aromatic rings. The van der Waals surface area contributed by atoms with Gasteiger partial charge in [-0.3, -0.25) is 0 Å². The SMILES string of the molecule is CCc1nc(Nc2ncc(-c3ccccc3)cc2NC)nc(N2CCN(C)CC2)n1. The van der Waals surface area contributed by atoms with Crippen LogP contribution in [0.3, 0.4) is 0 Å². The highest BCUT2D eigenvalue weighted by molar-refractivity contribution is 5.75. The Balaban J connectivity index is 1.61. The van der Waals surface area contributed by atoms with Crippen molar-refractivity contribution in [3.8, 4) is 11.1 Å². The lowest BCUT2D eigenvalue weighted by Crippen LogP contribution is -2.45. The van der Waals surface area contributed by atoms with E-state index < -0.39 is 0 Å². The van der Waals surface area contributed by atoms with Gasteiger partial charge in [-0.05, 0) is 18.7 Å². The highest BCUT2D eigenvalue weighted by Crippen LogP contribution is 2.28. The Hall–Kier alpha value is -3.26. The Morgan fingerprint density at radius 3 is 2.43 bits per heavy atom. The quantitative estimate of drug-likeness (QED) is 0.649. The summed E-state index contributed by atoms with van der Waals surface area (Å²) in [7, 11) is 4.02. The average molecular weight is 405 g/mol. The van der Waals surface area contributed by atoms with E-state index in [-0.39, 0.29) is 0 Å². The summed E-state index contributed by atoms with van der Waals surface area (Å²) in [5, 5.41) is 6.52. The number of likely N-dealkylation sites (N-methyl/N-ethyl adjacent to an activating group) is 1. The Morgan fingerprint density at radius 2 is 1.73 bits per heavy atom. The first-order chi connectivity index (χ1) is 14.7. The molecule has 1 fully saturated rings. The molecule has 2 aromatic heterocycles. The van der Waals surface area contributed by atoms with Crippen LogP contribution < -0.4 is 15.5 Å². The molecule has 30 heavy (non-hydrogen) atoms. The highest BCUT2D eigenvalue weighted by atomic mass is 15.3. The molecule has 2 N–H and O–H groups in total. The van der Waals surface area contributed by atoms with Gasteiger partial charge in [0.2, 0.25) is 11.9 Å². The molecule has 1 saturated heterocycles. The normalized spacial score (nSPS) is 14.6. The van der Waals surface area contributed by atoms with Gasteiger partial charge >= 0.3 is 0 Å². The van der Waals surface area contributed by atoms with Crippen molar-refractivity contribution in [2.45, 2.75) is 13.3 Å². The number of benzene rings is 1. The highest BCUT2D eigenvalue weighted by Gasteiger charge is 2.19. The molecule has 0 amide bonds. The minimum atomic E-state index is 0.521. The molecule has 1 aromatic carbocycles. The number of rotatable bonds is 6. The van der Waals surface area contributed by atoms with E-state index in [0.29, 0.717) is 11.8 Å². The van der Waals surface area contributed by atoms with Crippen molar-refractivity contribution in [2.24, 2.45) is 0 Å². The van der Waals surface area contributed by atoms with Gasteiger partial charge in [0, 0.05) is 51.4 Å². The third kappa shape index (κ3) is 4.49. The number of hydrogen-bond donors (Lipinski definition) is 2. The van der Waals surface area contributed by atoms with Gasteiger partial charge in [0.15, 0.2) is 5.82 Å². The van der Waals surface area contributed by atoms with Gasteiger partial charge in [0.1, 0.15) is 5.82 Å². The third-order valence-corrected chi connectivity index (χ3v) is 5.27. The Kier molecular flexibility index (Phi) is 6.04. The van der Waals surface area contributed by atoms with Crippen LogP contribution in [0.25, 0.3) is 11.1 Å². The predicted molar refractivity (Wildman–Crippen MR) is 121 cm³/mol. The average Bonchev–Trinajstić information content (AvgIpc) is 2.80. The maximum absolute atomic E-state index is 4.69. The Bertz CT molecular complexity index is 984. The fourth-order valence-corrected chi connectivity index (χ4v) is 3.42. The lowest BCUT2D eigenvalue weighted by molar-refractivity contribution is 0.311. The number of piperazine rings is 1. The zero-order valence-corrected chi connectivity index (χ0v) is 17.8. The van der Waals surface area contributed by atoms with Crippen molar-refractivity contribution in [2.75, 3.05) is 55.8 Å². The fraction of sp³-hybridized carbons (Fsp3) is 0.364. The van der Waals surface area contributed by atoms with E-state index in [9.17, 15) is 0 Å². The lowest BCUT2D eigenvalue weighted by Gasteiger charge is -2.32. The summed E-state index contributed by atoms with van der Waals surface area (Å²) >= 11 is 0. The van der Waals surface area contributed by atoms with Gasteiger partial charge in [-0.25, -0.2) is 4.98 Å². The number of nitrogens with one attached hydrogen (secondary N) is 2. The van der Waals surface area contributed by atoms with Crippen LogP contribution in [0.1, 0.15) is 12.7 Å². The van der Waals surface area contributed by atoms with E-state index >= 15 is 0 Å². The van der Waals surface area contributed by atoms with E-state index in [4.69, 9.17) is 0 Å². The van der Waals surface area contributed by atoms with Crippen molar-refractivity contribution in [3.05, 3.63) is 48.4 Å². The molecule has 0 atom stereocenters. The fourth-order valence-electron chi connectivity index (χ4n) is 3.42. The maximum Gasteiger partial charge on any atom is 0.233 e. The first-order valence-electron chi connectivity index (χ1n) is 10.3. The van der Waals surface area contributed by atoms with Crippen LogP contribution in [0.2, 0.25) is 0 Å². The molecule has 8 heteroatoms. The van der Waals surface area contributed by atoms with Crippen molar-refractivity contribution in [1.82, 2.24) is 24.8 Å². The van der Waals surface area contributed by atoms with Crippen LogP contribution in [-0.2, 0) is 6.42 Å². The van der Waals surface area contributed by atoms with Gasteiger partial charge in [-0.15, -0.1) is 0 Å². The molecule has 1 aliphatic rings. The second-order valence-corrected chi connectivity index (χ2v) is 7.38. The van der Waals surface area contributed by atoms with Gasteiger partial charge < -0.3 is 20.4 Å². The largest absolute Gasteiger partial charge is 0.385 e. The van der Waals surface area contributed by atoms with Crippen LogP contribution >= 0.6 is 0 Å². The molecular weight excluding hydrogens is 376 g/mol. The molecular formula is C22H28N8. The minimum absolute atomic E-state index is 0.521. The number of nitrogens with zero attached hydrogens (tertiary/aromatic N) is 6. The topological polar surface area (TPSA) is 82.1 Å². The Morgan fingerprint density at radius 1 is 0.967 bits per heavy atom. The zero-order valence-electron chi connectivity index (χ0n) is 17.8. The first kappa shape index (κ1) is 20.0. The van der Waals surface area contributed by atoms with Crippen LogP contribution in [-0.4, -0.2) is 65.1 Å². The number of aromatic nitrogens is 4. The molecule has 0 spiro atoms. The summed E-state index contributed by atoms with van der Waals surface area (Å²) in [6.45, 7) is 5.88. The van der Waals surface area contributed by atoms with Crippen molar-refractivity contribution in [1.29, 1.82) is 0 Å². The number of aryl methyl sites for hydroxylation is 1. The van der Waals surface area contributed by atoms with Gasteiger partial charge in [-0.1, -0.05) is 37.3 Å². The molecule has 8 nitrogen and oxygen atoms in total. The van der Waals surface area contributed by atoms with E-state index in [1.54, 1.807) is 0 Å². The first-order valence-corrected chi connectivity index (χ1v) is 10.3. The smallest absolute Gasteiger partial charge is 0.233 e. The molecule has 0 unspecified atom stereocenters. The monoisotopic (exact) mass is 404 g/mol. The van der Waals surface area contributed by atoms with Crippen LogP contribution in [0.15, 0.2) is 42.6 Å². The van der Waals surface area contributed by atoms with Gasteiger partial charge in [0.25, 0.3) is 0 Å². The van der Waals surface area contributed by atoms with Crippen molar-refractivity contribution in [3.63, 3.8) is 0 Å². The third-order valence-electron chi connectivity index (χ3n) is 5.27. The minimum Gasteiger partial charge on any atom is -0.385 e. The van der Waals surface area contributed by atoms with Crippen LogP contribution in [0, 0.1) is 0 Å². The summed E-state index contributed by atoms with van der Waals surface area (Å²) in [4.78, 5) is 23.1. The summed E-state index contributed by atoms with van der Waals surface area (Å²) in [5.41, 5.74) is 3.06. The number of anilines is 4. The number of hydrogen-bond acceptors (Lipinski definition) is 8. The summed E-state index contributed by atoms with van der Waals surface area (Å²) < 4.78 is 0. The molecule has 0 bridgehead atoms. The molecule has 3 heterocycles. The Labute approximate surface area is 177 Å². The van der Waals surface area contributed by atoms with Gasteiger partial charge in [0.05, 0.1) is 5.69 Å². The standard InChI is InChI=1S/C22H28N8/c1-4-19-25-21(28-22(26-19)30-12-10-29(3)11-13-30)27-20-18(23-2)14-17(15-24-20)16-8-6-5-7-9-16/h5-9,14-15,23H,4,10-13H2,1-3H3,(H,24,25,26,27,28). The van der Waals surface area contributed by atoms with E-state index in [1.165, 1.54) is 0 Å². The van der Waals surface area contributed by atoms with Crippen molar-refractivity contribution < 1.29 is 0 Å². The zero-order chi connectivity index (χ0) is 20.9. The maximum atomic E-state index is 4.69. The molecule has 4 rings (SSSR count).